The third-order valence-corrected chi connectivity index (χ3v) is 2.99. The summed E-state index contributed by atoms with van der Waals surface area (Å²) in [5.41, 5.74) is 5.46. The van der Waals surface area contributed by atoms with Gasteiger partial charge in [-0.2, -0.15) is 5.26 Å². The number of nitriles is 1. The van der Waals surface area contributed by atoms with Crippen molar-refractivity contribution >= 4 is 5.91 Å². The Labute approximate surface area is 114 Å². The van der Waals surface area contributed by atoms with Crippen molar-refractivity contribution in [1.29, 1.82) is 5.26 Å². The summed E-state index contributed by atoms with van der Waals surface area (Å²) in [6.45, 7) is 3.34. The Kier molecular flexibility index (Phi) is 6.69. The predicted octanol–water partition coefficient (Wildman–Crippen LogP) is 1.90. The zero-order valence-electron chi connectivity index (χ0n) is 11.3. The second-order valence-corrected chi connectivity index (χ2v) is 4.58. The summed E-state index contributed by atoms with van der Waals surface area (Å²) in [7, 11) is 0. The number of hydrogen-bond donors (Lipinski definition) is 1. The molecule has 0 saturated carbocycles. The fourth-order valence-electron chi connectivity index (χ4n) is 1.90. The highest BCUT2D eigenvalue weighted by Gasteiger charge is 2.20. The van der Waals surface area contributed by atoms with Crippen LogP contribution < -0.4 is 5.73 Å². The molecule has 1 aromatic heterocycles. The molecule has 0 spiro atoms. The molecule has 2 N–H and O–H groups in total. The van der Waals surface area contributed by atoms with Crippen molar-refractivity contribution in [1.82, 2.24) is 4.90 Å². The van der Waals surface area contributed by atoms with Gasteiger partial charge < -0.3 is 15.1 Å². The second kappa shape index (κ2) is 8.33. The Balaban J connectivity index is 2.61. The number of hydrogen-bond acceptors (Lipinski definition) is 4. The predicted molar refractivity (Wildman–Crippen MR) is 71.8 cm³/mol. The molecule has 0 bridgehead atoms. The summed E-state index contributed by atoms with van der Waals surface area (Å²) in [5.74, 6) is 0.717. The quantitative estimate of drug-likeness (QED) is 0.776. The van der Waals surface area contributed by atoms with Crippen molar-refractivity contribution in [2.75, 3.05) is 13.1 Å². The average molecular weight is 263 g/mol. The van der Waals surface area contributed by atoms with Crippen LogP contribution in [0.5, 0.6) is 0 Å². The van der Waals surface area contributed by atoms with E-state index >= 15 is 0 Å². The maximum atomic E-state index is 12.3. The van der Waals surface area contributed by atoms with Crippen LogP contribution in [0.15, 0.2) is 22.8 Å². The fraction of sp³-hybridized carbons (Fsp3) is 0.571. The normalized spacial score (nSPS) is 11.8. The van der Waals surface area contributed by atoms with Crippen LogP contribution in [-0.4, -0.2) is 23.9 Å². The van der Waals surface area contributed by atoms with E-state index in [2.05, 4.69) is 6.07 Å². The van der Waals surface area contributed by atoms with Crippen molar-refractivity contribution in [3.05, 3.63) is 24.2 Å². The van der Waals surface area contributed by atoms with Gasteiger partial charge in [0.2, 0.25) is 5.91 Å². The minimum atomic E-state index is -0.0720. The van der Waals surface area contributed by atoms with E-state index in [1.807, 2.05) is 13.0 Å². The minimum Gasteiger partial charge on any atom is -0.467 e. The molecule has 0 aromatic carbocycles. The number of nitrogens with two attached hydrogens (primary N) is 1. The smallest absolute Gasteiger partial charge is 0.225 e. The van der Waals surface area contributed by atoms with Gasteiger partial charge in [0.1, 0.15) is 5.76 Å². The number of rotatable bonds is 8. The molecule has 104 valence electrons. The molecule has 0 radical (unpaired) electrons. The SMILES string of the molecule is CC(CCCN)C(=O)N(CCC#N)Cc1ccco1. The zero-order chi connectivity index (χ0) is 14.1. The van der Waals surface area contributed by atoms with Crippen LogP contribution in [-0.2, 0) is 11.3 Å². The van der Waals surface area contributed by atoms with Crippen LogP contribution in [0.3, 0.4) is 0 Å². The van der Waals surface area contributed by atoms with Gasteiger partial charge in [-0.15, -0.1) is 0 Å². The van der Waals surface area contributed by atoms with Crippen molar-refractivity contribution < 1.29 is 9.21 Å². The topological polar surface area (TPSA) is 83.3 Å². The molecule has 19 heavy (non-hydrogen) atoms. The molecule has 0 aliphatic carbocycles. The highest BCUT2D eigenvalue weighted by molar-refractivity contribution is 5.78. The Bertz CT molecular complexity index is 409. The number of furan rings is 1. The van der Waals surface area contributed by atoms with E-state index in [1.165, 1.54) is 0 Å². The van der Waals surface area contributed by atoms with Gasteiger partial charge in [-0.1, -0.05) is 6.92 Å². The first-order valence-corrected chi connectivity index (χ1v) is 6.57. The Morgan fingerprint density at radius 2 is 2.42 bits per heavy atom. The van der Waals surface area contributed by atoms with Crippen LogP contribution in [0.25, 0.3) is 0 Å². The van der Waals surface area contributed by atoms with E-state index in [1.54, 1.807) is 17.2 Å². The van der Waals surface area contributed by atoms with Crippen LogP contribution in [0.1, 0.15) is 31.9 Å². The van der Waals surface area contributed by atoms with E-state index in [9.17, 15) is 4.79 Å². The first kappa shape index (κ1) is 15.3. The van der Waals surface area contributed by atoms with Gasteiger partial charge in [-0.05, 0) is 31.5 Å². The van der Waals surface area contributed by atoms with E-state index < -0.39 is 0 Å². The van der Waals surface area contributed by atoms with Crippen LogP contribution in [0.4, 0.5) is 0 Å². The van der Waals surface area contributed by atoms with E-state index in [0.29, 0.717) is 26.1 Å². The van der Waals surface area contributed by atoms with E-state index in [0.717, 1.165) is 18.6 Å². The van der Waals surface area contributed by atoms with E-state index in [-0.39, 0.29) is 11.8 Å². The molecule has 0 fully saturated rings. The molecule has 0 aliphatic heterocycles. The molecule has 0 saturated heterocycles. The number of amides is 1. The molecule has 1 atom stereocenters. The molecular weight excluding hydrogens is 242 g/mol. The Morgan fingerprint density at radius 3 is 3.00 bits per heavy atom. The third-order valence-electron chi connectivity index (χ3n) is 2.99. The lowest BCUT2D eigenvalue weighted by atomic mass is 10.0. The fourth-order valence-corrected chi connectivity index (χ4v) is 1.90. The van der Waals surface area contributed by atoms with Gasteiger partial charge in [0.25, 0.3) is 0 Å². The summed E-state index contributed by atoms with van der Waals surface area (Å²) in [6, 6.07) is 5.69. The summed E-state index contributed by atoms with van der Waals surface area (Å²) >= 11 is 0. The summed E-state index contributed by atoms with van der Waals surface area (Å²) < 4.78 is 5.26. The zero-order valence-corrected chi connectivity index (χ0v) is 11.3. The summed E-state index contributed by atoms with van der Waals surface area (Å²) in [4.78, 5) is 14.0. The molecular formula is C14H21N3O2. The lowest BCUT2D eigenvalue weighted by Crippen LogP contribution is -2.35. The summed E-state index contributed by atoms with van der Waals surface area (Å²) in [5, 5.41) is 8.68. The van der Waals surface area contributed by atoms with Crippen molar-refractivity contribution in [3.63, 3.8) is 0 Å². The largest absolute Gasteiger partial charge is 0.467 e. The third kappa shape index (κ3) is 5.14. The average Bonchev–Trinajstić information content (AvgIpc) is 2.92. The van der Waals surface area contributed by atoms with Crippen molar-refractivity contribution in [3.8, 4) is 6.07 Å². The van der Waals surface area contributed by atoms with Crippen LogP contribution in [0, 0.1) is 17.2 Å². The number of carbonyl (C=O) groups is 1. The molecule has 1 unspecified atom stereocenters. The van der Waals surface area contributed by atoms with Gasteiger partial charge in [0, 0.05) is 12.5 Å². The molecule has 0 aliphatic rings. The second-order valence-electron chi connectivity index (χ2n) is 4.58. The molecule has 1 aromatic rings. The molecule has 1 amide bonds. The van der Waals surface area contributed by atoms with Crippen LogP contribution >= 0.6 is 0 Å². The van der Waals surface area contributed by atoms with Crippen LogP contribution in [0.2, 0.25) is 0 Å². The Hall–Kier alpha value is -1.80. The standard InChI is InChI=1S/C14H21N3O2/c1-12(5-2-7-15)14(18)17(9-4-8-16)11-13-6-3-10-19-13/h3,6,10,12H,2,4-5,7,9,11,15H2,1H3. The monoisotopic (exact) mass is 263 g/mol. The lowest BCUT2D eigenvalue weighted by molar-refractivity contribution is -0.136. The summed E-state index contributed by atoms with van der Waals surface area (Å²) in [6.07, 6.45) is 3.52. The van der Waals surface area contributed by atoms with Gasteiger partial charge >= 0.3 is 0 Å². The van der Waals surface area contributed by atoms with E-state index in [4.69, 9.17) is 15.4 Å². The van der Waals surface area contributed by atoms with Gasteiger partial charge in [0.05, 0.1) is 25.3 Å². The maximum Gasteiger partial charge on any atom is 0.225 e. The molecule has 1 heterocycles. The van der Waals surface area contributed by atoms with Gasteiger partial charge in [-0.25, -0.2) is 0 Å². The maximum absolute atomic E-state index is 12.3. The first-order valence-electron chi connectivity index (χ1n) is 6.57. The number of carbonyl (C=O) groups excluding carboxylic acids is 1. The van der Waals surface area contributed by atoms with Crippen molar-refractivity contribution in [2.45, 2.75) is 32.7 Å². The molecule has 5 nitrogen and oxygen atoms in total. The van der Waals surface area contributed by atoms with Gasteiger partial charge in [-0.3, -0.25) is 4.79 Å². The Morgan fingerprint density at radius 1 is 1.63 bits per heavy atom. The minimum absolute atomic E-state index is 0.0556. The highest BCUT2D eigenvalue weighted by Crippen LogP contribution is 2.13. The molecule has 5 heteroatoms. The number of nitrogens with zero attached hydrogens (tertiary/aromatic N) is 2. The van der Waals surface area contributed by atoms with Gasteiger partial charge in [0.15, 0.2) is 0 Å². The van der Waals surface area contributed by atoms with Crippen molar-refractivity contribution in [2.24, 2.45) is 11.7 Å². The lowest BCUT2D eigenvalue weighted by Gasteiger charge is -2.24. The first-order chi connectivity index (χ1) is 9.19. The highest BCUT2D eigenvalue weighted by atomic mass is 16.3. The molecule has 1 rings (SSSR count).